The first-order valence-electron chi connectivity index (χ1n) is 11.1. The van der Waals surface area contributed by atoms with E-state index in [2.05, 4.69) is 41.5 Å². The van der Waals surface area contributed by atoms with Gasteiger partial charge in [0.15, 0.2) is 0 Å². The molecule has 0 aliphatic rings. The minimum absolute atomic E-state index is 0.492. The molecule has 0 saturated heterocycles. The van der Waals surface area contributed by atoms with Crippen LogP contribution in [-0.4, -0.2) is 60.2 Å². The van der Waals surface area contributed by atoms with Crippen molar-refractivity contribution >= 4 is 42.6 Å². The Morgan fingerprint density at radius 1 is 0.500 bits per heavy atom. The molecule has 0 aliphatic carbocycles. The van der Waals surface area contributed by atoms with Crippen LogP contribution in [0.25, 0.3) is 0 Å². The number of thioether (sulfide) groups is 3. The fourth-order valence-corrected chi connectivity index (χ4v) is 4.78. The maximum absolute atomic E-state index is 5.87. The summed E-state index contributed by atoms with van der Waals surface area (Å²) < 4.78 is 17.6. The van der Waals surface area contributed by atoms with Crippen LogP contribution in [0.1, 0.15) is 80.1 Å². The van der Waals surface area contributed by atoms with E-state index in [1.54, 1.807) is 0 Å². The van der Waals surface area contributed by atoms with Gasteiger partial charge in [-0.25, -0.2) is 0 Å². The molecular weight excluding hydrogens is 407 g/mol. The summed E-state index contributed by atoms with van der Waals surface area (Å²) in [7, 11) is -0.492. The zero-order valence-corrected chi connectivity index (χ0v) is 21.7. The Labute approximate surface area is 189 Å². The Balaban J connectivity index is 3.89. The molecule has 0 radical (unpaired) electrons. The summed E-state index contributed by atoms with van der Waals surface area (Å²) >= 11 is 6.04. The molecule has 0 spiro atoms. The van der Waals surface area contributed by atoms with Crippen molar-refractivity contribution in [2.24, 2.45) is 0 Å². The standard InChI is InChI=1S/C21H45BO3S3/c1-19(2)26-16-10-7-13-23-22(24-14-8-11-17-27-20(3)4)25-15-9-12-18-28-21(5)6/h19-21H,7-18H2,1-6H3. The zero-order chi connectivity index (χ0) is 21.0. The molecule has 0 N–H and O–H groups in total. The van der Waals surface area contributed by atoms with Crippen molar-refractivity contribution < 1.29 is 14.0 Å². The molecule has 0 aromatic heterocycles. The molecule has 0 aromatic rings. The molecule has 3 nitrogen and oxygen atoms in total. The predicted molar refractivity (Wildman–Crippen MR) is 134 cm³/mol. The summed E-state index contributed by atoms with van der Waals surface area (Å²) in [6, 6.07) is 0. The molecule has 0 fully saturated rings. The lowest BCUT2D eigenvalue weighted by Crippen LogP contribution is -2.29. The molecule has 0 heterocycles. The average molecular weight is 453 g/mol. The van der Waals surface area contributed by atoms with E-state index in [0.717, 1.165) is 39.1 Å². The van der Waals surface area contributed by atoms with Gasteiger partial charge in [-0.05, 0) is 71.5 Å². The second-order valence-electron chi connectivity index (χ2n) is 7.78. The topological polar surface area (TPSA) is 27.7 Å². The van der Waals surface area contributed by atoms with Gasteiger partial charge in [0.2, 0.25) is 0 Å². The van der Waals surface area contributed by atoms with Gasteiger partial charge in [0.1, 0.15) is 0 Å². The van der Waals surface area contributed by atoms with E-state index in [1.165, 1.54) is 36.5 Å². The Morgan fingerprint density at radius 3 is 1.04 bits per heavy atom. The monoisotopic (exact) mass is 452 g/mol. The third kappa shape index (κ3) is 23.3. The van der Waals surface area contributed by atoms with Gasteiger partial charge in [-0.15, -0.1) is 0 Å². The molecule has 0 unspecified atom stereocenters. The van der Waals surface area contributed by atoms with Crippen molar-refractivity contribution in [3.05, 3.63) is 0 Å². The Morgan fingerprint density at radius 2 is 0.786 bits per heavy atom. The summed E-state index contributed by atoms with van der Waals surface area (Å²) in [5.74, 6) is 3.61. The van der Waals surface area contributed by atoms with Gasteiger partial charge in [0.25, 0.3) is 0 Å². The largest absolute Gasteiger partial charge is 0.639 e. The predicted octanol–water partition coefficient (Wildman–Crippen LogP) is 6.79. The highest BCUT2D eigenvalue weighted by atomic mass is 32.2. The summed E-state index contributed by atoms with van der Waals surface area (Å²) in [6.45, 7) is 15.6. The second kappa shape index (κ2) is 21.2. The smallest absolute Gasteiger partial charge is 0.386 e. The molecule has 0 amide bonds. The highest BCUT2D eigenvalue weighted by Gasteiger charge is 2.20. The summed E-state index contributed by atoms with van der Waals surface area (Å²) in [4.78, 5) is 0. The fourth-order valence-electron chi connectivity index (χ4n) is 2.25. The van der Waals surface area contributed by atoms with Gasteiger partial charge in [-0.2, -0.15) is 35.3 Å². The number of rotatable bonds is 21. The summed E-state index contributed by atoms with van der Waals surface area (Å²) in [5.41, 5.74) is 0. The van der Waals surface area contributed by atoms with Crippen molar-refractivity contribution in [1.82, 2.24) is 0 Å². The third-order valence-electron chi connectivity index (χ3n) is 3.73. The van der Waals surface area contributed by atoms with Crippen molar-refractivity contribution in [3.8, 4) is 0 Å². The summed E-state index contributed by atoms with van der Waals surface area (Å²) in [5, 5.41) is 2.13. The van der Waals surface area contributed by atoms with Gasteiger partial charge in [0, 0.05) is 19.8 Å². The summed E-state index contributed by atoms with van der Waals surface area (Å²) in [6.07, 6.45) is 6.77. The van der Waals surface area contributed by atoms with E-state index in [4.69, 9.17) is 14.0 Å². The Bertz CT molecular complexity index is 274. The van der Waals surface area contributed by atoms with Crippen molar-refractivity contribution in [3.63, 3.8) is 0 Å². The van der Waals surface area contributed by atoms with Gasteiger partial charge < -0.3 is 14.0 Å². The minimum Gasteiger partial charge on any atom is -0.386 e. The Kier molecular flexibility index (Phi) is 22.0. The fraction of sp³-hybridized carbons (Fsp3) is 1.00. The minimum atomic E-state index is -0.492. The molecular formula is C21H45BO3S3. The van der Waals surface area contributed by atoms with Crippen LogP contribution in [0.15, 0.2) is 0 Å². The van der Waals surface area contributed by atoms with E-state index in [0.29, 0.717) is 15.7 Å². The van der Waals surface area contributed by atoms with Crippen LogP contribution in [0.4, 0.5) is 0 Å². The highest BCUT2D eigenvalue weighted by molar-refractivity contribution is 8.00. The molecule has 0 rings (SSSR count). The quantitative estimate of drug-likeness (QED) is 0.141. The van der Waals surface area contributed by atoms with Gasteiger partial charge in [-0.1, -0.05) is 41.5 Å². The SMILES string of the molecule is CC(C)SCCCCOB(OCCCCSC(C)C)OCCCCSC(C)C. The second-order valence-corrected chi connectivity index (χ2v) is 12.8. The van der Waals surface area contributed by atoms with Crippen molar-refractivity contribution in [2.45, 2.75) is 95.8 Å². The Hall–Kier alpha value is 0.995. The van der Waals surface area contributed by atoms with E-state index in [1.807, 2.05) is 35.3 Å². The molecule has 0 saturated carbocycles. The van der Waals surface area contributed by atoms with Gasteiger partial charge in [0.05, 0.1) is 0 Å². The van der Waals surface area contributed by atoms with Gasteiger partial charge >= 0.3 is 7.32 Å². The van der Waals surface area contributed by atoms with Crippen molar-refractivity contribution in [2.75, 3.05) is 37.1 Å². The molecule has 0 bridgehead atoms. The molecule has 28 heavy (non-hydrogen) atoms. The van der Waals surface area contributed by atoms with Crippen LogP contribution >= 0.6 is 35.3 Å². The lowest BCUT2D eigenvalue weighted by atomic mass is 10.2. The zero-order valence-electron chi connectivity index (χ0n) is 19.2. The van der Waals surface area contributed by atoms with Crippen LogP contribution in [0.5, 0.6) is 0 Å². The first-order valence-corrected chi connectivity index (χ1v) is 14.3. The van der Waals surface area contributed by atoms with Crippen LogP contribution in [0, 0.1) is 0 Å². The van der Waals surface area contributed by atoms with Crippen LogP contribution in [-0.2, 0) is 14.0 Å². The van der Waals surface area contributed by atoms with E-state index in [9.17, 15) is 0 Å². The first kappa shape index (κ1) is 29.0. The maximum atomic E-state index is 5.87. The van der Waals surface area contributed by atoms with Crippen LogP contribution in [0.2, 0.25) is 0 Å². The first-order chi connectivity index (χ1) is 13.4. The van der Waals surface area contributed by atoms with Gasteiger partial charge in [-0.3, -0.25) is 0 Å². The van der Waals surface area contributed by atoms with Crippen LogP contribution in [0.3, 0.4) is 0 Å². The number of unbranched alkanes of at least 4 members (excludes halogenated alkanes) is 3. The average Bonchev–Trinajstić information content (AvgIpc) is 2.62. The number of hydrogen-bond acceptors (Lipinski definition) is 6. The molecule has 168 valence electrons. The normalized spacial score (nSPS) is 11.9. The molecule has 0 atom stereocenters. The lowest BCUT2D eigenvalue weighted by molar-refractivity contribution is 0.0900. The third-order valence-corrected chi connectivity index (χ3v) is 7.30. The molecule has 0 aliphatic heterocycles. The van der Waals surface area contributed by atoms with Crippen LogP contribution < -0.4 is 0 Å². The highest BCUT2D eigenvalue weighted by Crippen LogP contribution is 2.14. The number of hydrogen-bond donors (Lipinski definition) is 0. The van der Waals surface area contributed by atoms with E-state index >= 15 is 0 Å². The maximum Gasteiger partial charge on any atom is 0.639 e. The van der Waals surface area contributed by atoms with E-state index in [-0.39, 0.29) is 0 Å². The molecule has 7 heteroatoms. The van der Waals surface area contributed by atoms with Crippen molar-refractivity contribution in [1.29, 1.82) is 0 Å². The molecule has 0 aromatic carbocycles. The lowest BCUT2D eigenvalue weighted by Gasteiger charge is -2.15. The van der Waals surface area contributed by atoms with E-state index < -0.39 is 7.32 Å².